The average molecular weight is 176 g/mol. The van der Waals surface area contributed by atoms with Crippen molar-refractivity contribution < 1.29 is 9.13 Å². The molecule has 2 aliphatic rings. The van der Waals surface area contributed by atoms with E-state index in [-0.39, 0.29) is 17.5 Å². The van der Waals surface area contributed by atoms with Crippen LogP contribution in [0.4, 0.5) is 4.39 Å². The van der Waals surface area contributed by atoms with E-state index in [1.807, 2.05) is 25.1 Å². The number of fused-ring (bicyclic) bond motifs is 5. The van der Waals surface area contributed by atoms with Crippen molar-refractivity contribution in [2.24, 2.45) is 0 Å². The van der Waals surface area contributed by atoms with Gasteiger partial charge in [-0.05, 0) is 24.6 Å². The Labute approximate surface area is 75.8 Å². The molecule has 1 nitrogen and oxygen atoms in total. The normalized spacial score (nSPS) is 33.8. The number of halogens is 1. The number of rotatable bonds is 0. The Morgan fingerprint density at radius 1 is 1.46 bits per heavy atom. The highest BCUT2D eigenvalue weighted by Crippen LogP contribution is 2.50. The Kier molecular flexibility index (Phi) is 1.13. The van der Waals surface area contributed by atoms with Crippen molar-refractivity contribution in [1.29, 1.82) is 0 Å². The number of benzene rings is 1. The minimum atomic E-state index is -0.387. The van der Waals surface area contributed by atoms with E-state index in [0.29, 0.717) is 5.56 Å². The highest BCUT2D eigenvalue weighted by Gasteiger charge is 2.44. The van der Waals surface area contributed by atoms with Gasteiger partial charge in [0, 0.05) is 5.56 Å². The summed E-state index contributed by atoms with van der Waals surface area (Å²) in [6.07, 6.45) is 3.76. The fourth-order valence-corrected chi connectivity index (χ4v) is 2.18. The van der Waals surface area contributed by atoms with Gasteiger partial charge in [-0.15, -0.1) is 0 Å². The molecule has 0 saturated carbocycles. The van der Waals surface area contributed by atoms with Gasteiger partial charge in [-0.2, -0.15) is 0 Å². The summed E-state index contributed by atoms with van der Waals surface area (Å²) in [7, 11) is 0. The second kappa shape index (κ2) is 2.02. The van der Waals surface area contributed by atoms with Crippen molar-refractivity contribution >= 4 is 0 Å². The van der Waals surface area contributed by atoms with Gasteiger partial charge in [-0.25, -0.2) is 4.39 Å². The number of hydrogen-bond donors (Lipinski definition) is 0. The van der Waals surface area contributed by atoms with Gasteiger partial charge in [0.05, 0.1) is 0 Å². The Bertz CT molecular complexity index is 411. The third-order valence-corrected chi connectivity index (χ3v) is 2.83. The quantitative estimate of drug-likeness (QED) is 0.552. The lowest BCUT2D eigenvalue weighted by Crippen LogP contribution is -2.14. The molecule has 13 heavy (non-hydrogen) atoms. The topological polar surface area (TPSA) is 9.23 Å². The molecule has 0 radical (unpaired) electrons. The van der Waals surface area contributed by atoms with Crippen LogP contribution in [0.15, 0.2) is 30.4 Å². The summed E-state index contributed by atoms with van der Waals surface area (Å²) < 4.78 is 19.1. The van der Waals surface area contributed by atoms with E-state index in [2.05, 4.69) is 0 Å². The summed E-state index contributed by atoms with van der Waals surface area (Å²) in [5.74, 6) is -0.157. The highest BCUT2D eigenvalue weighted by molar-refractivity contribution is 5.47. The van der Waals surface area contributed by atoms with Crippen molar-refractivity contribution in [3.8, 4) is 0 Å². The largest absolute Gasteiger partial charge is 0.354 e. The van der Waals surface area contributed by atoms with Crippen molar-refractivity contribution in [3.05, 3.63) is 47.3 Å². The molecule has 0 N–H and O–H groups in total. The average Bonchev–Trinajstić information content (AvgIpc) is 2.59. The molecule has 1 aromatic carbocycles. The molecule has 2 atom stereocenters. The van der Waals surface area contributed by atoms with Gasteiger partial charge in [-0.1, -0.05) is 18.2 Å². The maximum Gasteiger partial charge on any atom is 0.129 e. The van der Waals surface area contributed by atoms with Crippen LogP contribution < -0.4 is 0 Å². The lowest BCUT2D eigenvalue weighted by Gasteiger charge is -2.17. The molecule has 2 heterocycles. The van der Waals surface area contributed by atoms with Crippen molar-refractivity contribution in [3.63, 3.8) is 0 Å². The maximum atomic E-state index is 13.4. The van der Waals surface area contributed by atoms with Gasteiger partial charge in [0.1, 0.15) is 17.5 Å². The lowest BCUT2D eigenvalue weighted by atomic mass is 9.88. The first-order chi connectivity index (χ1) is 6.21. The molecule has 2 bridgehead atoms. The Morgan fingerprint density at radius 3 is 3.08 bits per heavy atom. The van der Waals surface area contributed by atoms with Crippen LogP contribution in [0.25, 0.3) is 0 Å². The lowest BCUT2D eigenvalue weighted by molar-refractivity contribution is 0.0107. The fourth-order valence-electron chi connectivity index (χ4n) is 2.18. The van der Waals surface area contributed by atoms with Gasteiger partial charge < -0.3 is 4.74 Å². The number of hydrogen-bond acceptors (Lipinski definition) is 1. The molecule has 3 rings (SSSR count). The van der Waals surface area contributed by atoms with Crippen LogP contribution in [0.1, 0.15) is 24.2 Å². The SMILES string of the molecule is CC12C=CC(O1)c1c(F)cccc12. The first-order valence-corrected chi connectivity index (χ1v) is 4.37. The summed E-state index contributed by atoms with van der Waals surface area (Å²) in [6, 6.07) is 5.15. The summed E-state index contributed by atoms with van der Waals surface area (Å²) >= 11 is 0. The van der Waals surface area contributed by atoms with E-state index in [0.717, 1.165) is 5.56 Å². The second-order valence-electron chi connectivity index (χ2n) is 3.71. The van der Waals surface area contributed by atoms with Crippen LogP contribution in [0.3, 0.4) is 0 Å². The maximum absolute atomic E-state index is 13.4. The summed E-state index contributed by atoms with van der Waals surface area (Å²) in [5, 5.41) is 0. The molecule has 0 aromatic heterocycles. The van der Waals surface area contributed by atoms with E-state index in [4.69, 9.17) is 4.74 Å². The summed E-state index contributed by atoms with van der Waals surface area (Å²) in [4.78, 5) is 0. The molecule has 0 saturated heterocycles. The fraction of sp³-hybridized carbons (Fsp3) is 0.273. The zero-order chi connectivity index (χ0) is 9.05. The van der Waals surface area contributed by atoms with Crippen LogP contribution in [-0.4, -0.2) is 0 Å². The minimum absolute atomic E-state index is 0.157. The van der Waals surface area contributed by atoms with Gasteiger partial charge in [0.25, 0.3) is 0 Å². The minimum Gasteiger partial charge on any atom is -0.354 e. The highest BCUT2D eigenvalue weighted by atomic mass is 19.1. The van der Waals surface area contributed by atoms with Crippen LogP contribution >= 0.6 is 0 Å². The van der Waals surface area contributed by atoms with E-state index in [1.165, 1.54) is 6.07 Å². The summed E-state index contributed by atoms with van der Waals surface area (Å²) in [6.45, 7) is 1.97. The van der Waals surface area contributed by atoms with Crippen LogP contribution in [0.5, 0.6) is 0 Å². The molecule has 0 spiro atoms. The van der Waals surface area contributed by atoms with Crippen molar-refractivity contribution in [2.75, 3.05) is 0 Å². The molecular weight excluding hydrogens is 167 g/mol. The standard InChI is InChI=1S/C11H9FO/c1-11-6-5-9(13-11)10-7(11)3-2-4-8(10)12/h2-6,9H,1H3. The molecule has 0 fully saturated rings. The van der Waals surface area contributed by atoms with E-state index in [1.54, 1.807) is 6.07 Å². The van der Waals surface area contributed by atoms with Crippen LogP contribution in [0, 0.1) is 5.82 Å². The Hall–Kier alpha value is -1.15. The van der Waals surface area contributed by atoms with E-state index in [9.17, 15) is 4.39 Å². The van der Waals surface area contributed by atoms with Crippen LogP contribution in [-0.2, 0) is 10.3 Å². The summed E-state index contributed by atoms with van der Waals surface area (Å²) in [5.41, 5.74) is 1.30. The van der Waals surface area contributed by atoms with Gasteiger partial charge in [-0.3, -0.25) is 0 Å². The third-order valence-electron chi connectivity index (χ3n) is 2.83. The molecule has 0 aliphatic carbocycles. The van der Waals surface area contributed by atoms with Crippen molar-refractivity contribution in [1.82, 2.24) is 0 Å². The molecule has 0 amide bonds. The Morgan fingerprint density at radius 2 is 2.31 bits per heavy atom. The monoisotopic (exact) mass is 176 g/mol. The van der Waals surface area contributed by atoms with Crippen molar-refractivity contribution in [2.45, 2.75) is 18.6 Å². The van der Waals surface area contributed by atoms with E-state index >= 15 is 0 Å². The first kappa shape index (κ1) is 7.27. The molecule has 2 aliphatic heterocycles. The number of ether oxygens (including phenoxy) is 1. The predicted molar refractivity (Wildman–Crippen MR) is 46.7 cm³/mol. The smallest absolute Gasteiger partial charge is 0.129 e. The zero-order valence-corrected chi connectivity index (χ0v) is 7.25. The molecular formula is C11H9FO. The van der Waals surface area contributed by atoms with E-state index < -0.39 is 0 Å². The molecule has 2 heteroatoms. The van der Waals surface area contributed by atoms with Crippen LogP contribution in [0.2, 0.25) is 0 Å². The van der Waals surface area contributed by atoms with Gasteiger partial charge in [0.2, 0.25) is 0 Å². The molecule has 2 unspecified atom stereocenters. The van der Waals surface area contributed by atoms with Gasteiger partial charge >= 0.3 is 0 Å². The molecule has 66 valence electrons. The Balaban J connectivity index is 2.33. The van der Waals surface area contributed by atoms with Gasteiger partial charge in [0.15, 0.2) is 0 Å². The third kappa shape index (κ3) is 0.742. The predicted octanol–water partition coefficient (Wildman–Crippen LogP) is 2.68. The zero-order valence-electron chi connectivity index (χ0n) is 7.25. The second-order valence-corrected chi connectivity index (χ2v) is 3.71. The molecule has 1 aromatic rings. The first-order valence-electron chi connectivity index (χ1n) is 4.37.